The van der Waals surface area contributed by atoms with Crippen LogP contribution in [0.2, 0.25) is 0 Å². The number of Topliss-reactive ketones (excluding diaryl/α,β-unsaturated/α-hetero) is 1. The van der Waals surface area contributed by atoms with Crippen molar-refractivity contribution >= 4 is 5.78 Å². The van der Waals surface area contributed by atoms with Crippen LogP contribution >= 0.6 is 0 Å². The number of benzene rings is 1. The molecule has 2 nitrogen and oxygen atoms in total. The summed E-state index contributed by atoms with van der Waals surface area (Å²) in [5, 5.41) is 0. The number of nitrogens with zero attached hydrogens (tertiary/aromatic N) is 1. The highest BCUT2D eigenvalue weighted by Crippen LogP contribution is 2.11. The molecule has 1 saturated heterocycles. The Labute approximate surface area is 110 Å². The Kier molecular flexibility index (Phi) is 5.40. The molecular formula is C16H22NO. The topological polar surface area (TPSA) is 20.3 Å². The predicted octanol–water partition coefficient (Wildman–Crippen LogP) is 3.34. The number of carbonyl (C=O) groups is 1. The minimum atomic E-state index is 0.283. The number of likely N-dealkylation sites (tertiary alicyclic amines) is 1. The van der Waals surface area contributed by atoms with Crippen LogP contribution in [-0.4, -0.2) is 30.3 Å². The van der Waals surface area contributed by atoms with Crippen molar-refractivity contribution in [3.63, 3.8) is 0 Å². The van der Waals surface area contributed by atoms with E-state index in [0.717, 1.165) is 24.9 Å². The fourth-order valence-corrected chi connectivity index (χ4v) is 2.41. The molecular weight excluding hydrogens is 222 g/mol. The molecule has 0 amide bonds. The maximum Gasteiger partial charge on any atom is 0.162 e. The lowest BCUT2D eigenvalue weighted by Gasteiger charge is -2.13. The Morgan fingerprint density at radius 2 is 1.94 bits per heavy atom. The minimum Gasteiger partial charge on any atom is -0.303 e. The normalized spacial score (nSPS) is 16.0. The Balaban J connectivity index is 1.56. The van der Waals surface area contributed by atoms with Crippen LogP contribution in [-0.2, 0) is 0 Å². The molecule has 2 rings (SSSR count). The summed E-state index contributed by atoms with van der Waals surface area (Å²) in [6.07, 6.45) is 7.68. The van der Waals surface area contributed by atoms with Gasteiger partial charge in [0.1, 0.15) is 0 Å². The van der Waals surface area contributed by atoms with Gasteiger partial charge in [0, 0.05) is 18.5 Å². The molecule has 1 aromatic rings. The van der Waals surface area contributed by atoms with Crippen LogP contribution < -0.4 is 0 Å². The van der Waals surface area contributed by atoms with Gasteiger partial charge in [0.25, 0.3) is 0 Å². The number of hydrogen-bond donors (Lipinski definition) is 0. The second-order valence-electron chi connectivity index (χ2n) is 4.98. The van der Waals surface area contributed by atoms with E-state index in [1.54, 1.807) is 0 Å². The molecule has 1 radical (unpaired) electrons. The molecule has 97 valence electrons. The Hall–Kier alpha value is -1.15. The summed E-state index contributed by atoms with van der Waals surface area (Å²) in [5.74, 6) is 0.283. The molecule has 0 aromatic heterocycles. The maximum atomic E-state index is 11.8. The van der Waals surface area contributed by atoms with Crippen molar-refractivity contribution < 1.29 is 4.79 Å². The largest absolute Gasteiger partial charge is 0.303 e. The molecule has 0 spiro atoms. The third kappa shape index (κ3) is 4.26. The summed E-state index contributed by atoms with van der Waals surface area (Å²) >= 11 is 0. The van der Waals surface area contributed by atoms with Crippen molar-refractivity contribution in [1.82, 2.24) is 4.90 Å². The van der Waals surface area contributed by atoms with Gasteiger partial charge >= 0.3 is 0 Å². The summed E-state index contributed by atoms with van der Waals surface area (Å²) < 4.78 is 0. The minimum absolute atomic E-state index is 0.283. The molecule has 18 heavy (non-hydrogen) atoms. The van der Waals surface area contributed by atoms with Gasteiger partial charge in [-0.25, -0.2) is 0 Å². The molecule has 0 atom stereocenters. The zero-order valence-corrected chi connectivity index (χ0v) is 11.0. The molecule has 0 N–H and O–H groups in total. The molecule has 0 aliphatic carbocycles. The Morgan fingerprint density at radius 1 is 1.11 bits per heavy atom. The van der Waals surface area contributed by atoms with Gasteiger partial charge in [0.05, 0.1) is 0 Å². The van der Waals surface area contributed by atoms with Gasteiger partial charge in [-0.05, 0) is 38.8 Å². The van der Waals surface area contributed by atoms with Gasteiger partial charge in [-0.2, -0.15) is 0 Å². The molecule has 1 aliphatic heterocycles. The number of hydrogen-bond acceptors (Lipinski definition) is 2. The van der Waals surface area contributed by atoms with Gasteiger partial charge in [-0.3, -0.25) is 4.79 Å². The van der Waals surface area contributed by atoms with Crippen LogP contribution in [0.4, 0.5) is 0 Å². The van der Waals surface area contributed by atoms with Crippen molar-refractivity contribution in [2.24, 2.45) is 0 Å². The smallest absolute Gasteiger partial charge is 0.162 e. The summed E-state index contributed by atoms with van der Waals surface area (Å²) in [7, 11) is 0. The maximum absolute atomic E-state index is 11.8. The highest BCUT2D eigenvalue weighted by molar-refractivity contribution is 5.95. The molecule has 1 aromatic carbocycles. The van der Waals surface area contributed by atoms with Crippen molar-refractivity contribution in [2.75, 3.05) is 19.6 Å². The number of rotatable bonds is 7. The Morgan fingerprint density at radius 3 is 2.67 bits per heavy atom. The first kappa shape index (κ1) is 13.3. The SMILES string of the molecule is O=C(CCCCCN1C[CH]CC1)c1ccccc1. The lowest BCUT2D eigenvalue weighted by Crippen LogP contribution is -2.20. The molecule has 0 bridgehead atoms. The van der Waals surface area contributed by atoms with Gasteiger partial charge in [-0.15, -0.1) is 0 Å². The van der Waals surface area contributed by atoms with Crippen LogP contribution in [0.5, 0.6) is 0 Å². The fraction of sp³-hybridized carbons (Fsp3) is 0.500. The second kappa shape index (κ2) is 7.32. The third-order valence-electron chi connectivity index (χ3n) is 3.51. The highest BCUT2D eigenvalue weighted by atomic mass is 16.1. The van der Waals surface area contributed by atoms with Gasteiger partial charge in [0.15, 0.2) is 5.78 Å². The van der Waals surface area contributed by atoms with Crippen LogP contribution in [0.1, 0.15) is 42.5 Å². The first-order valence-corrected chi connectivity index (χ1v) is 6.98. The van der Waals surface area contributed by atoms with E-state index in [1.165, 1.54) is 25.9 Å². The molecule has 1 fully saturated rings. The van der Waals surface area contributed by atoms with Crippen LogP contribution in [0.15, 0.2) is 30.3 Å². The van der Waals surface area contributed by atoms with Gasteiger partial charge in [-0.1, -0.05) is 36.8 Å². The van der Waals surface area contributed by atoms with E-state index in [4.69, 9.17) is 0 Å². The van der Waals surface area contributed by atoms with Gasteiger partial charge in [0.2, 0.25) is 0 Å². The van der Waals surface area contributed by atoms with Crippen LogP contribution in [0.3, 0.4) is 0 Å². The quantitative estimate of drug-likeness (QED) is 0.541. The third-order valence-corrected chi connectivity index (χ3v) is 3.51. The number of unbranched alkanes of at least 4 members (excludes halogenated alkanes) is 2. The average molecular weight is 244 g/mol. The Bertz CT molecular complexity index is 355. The zero-order valence-electron chi connectivity index (χ0n) is 11.0. The standard InChI is InChI=1S/C16H22NO/c18-16(15-9-3-1-4-10-15)11-5-2-6-12-17-13-7-8-14-17/h1,3-4,7,9-10H,2,5-6,8,11-14H2. The second-order valence-corrected chi connectivity index (χ2v) is 4.98. The van der Waals surface area contributed by atoms with E-state index < -0.39 is 0 Å². The number of carbonyl (C=O) groups excluding carboxylic acids is 1. The van der Waals surface area contributed by atoms with Crippen molar-refractivity contribution in [1.29, 1.82) is 0 Å². The van der Waals surface area contributed by atoms with Crippen molar-refractivity contribution in [3.8, 4) is 0 Å². The van der Waals surface area contributed by atoms with Crippen LogP contribution in [0.25, 0.3) is 0 Å². The highest BCUT2D eigenvalue weighted by Gasteiger charge is 2.10. The summed E-state index contributed by atoms with van der Waals surface area (Å²) in [6, 6.07) is 9.61. The fourth-order valence-electron chi connectivity index (χ4n) is 2.41. The summed E-state index contributed by atoms with van der Waals surface area (Å²) in [6.45, 7) is 3.57. The predicted molar refractivity (Wildman–Crippen MR) is 74.6 cm³/mol. The van der Waals surface area contributed by atoms with Gasteiger partial charge < -0.3 is 4.90 Å². The molecule has 1 aliphatic rings. The first-order valence-electron chi connectivity index (χ1n) is 6.98. The van der Waals surface area contributed by atoms with E-state index in [0.29, 0.717) is 6.42 Å². The average Bonchev–Trinajstić information content (AvgIpc) is 2.92. The summed E-state index contributed by atoms with van der Waals surface area (Å²) in [5.41, 5.74) is 0.853. The van der Waals surface area contributed by atoms with E-state index in [2.05, 4.69) is 11.3 Å². The lowest BCUT2D eigenvalue weighted by molar-refractivity contribution is 0.0979. The van der Waals surface area contributed by atoms with E-state index in [1.807, 2.05) is 30.3 Å². The van der Waals surface area contributed by atoms with E-state index >= 15 is 0 Å². The monoisotopic (exact) mass is 244 g/mol. The van der Waals surface area contributed by atoms with E-state index in [-0.39, 0.29) is 5.78 Å². The summed E-state index contributed by atoms with van der Waals surface area (Å²) in [4.78, 5) is 14.3. The molecule has 2 heteroatoms. The number of ketones is 1. The van der Waals surface area contributed by atoms with E-state index in [9.17, 15) is 4.79 Å². The van der Waals surface area contributed by atoms with Crippen molar-refractivity contribution in [2.45, 2.75) is 32.1 Å². The lowest BCUT2D eigenvalue weighted by atomic mass is 10.0. The molecule has 1 heterocycles. The zero-order chi connectivity index (χ0) is 12.6. The van der Waals surface area contributed by atoms with Crippen LogP contribution in [0, 0.1) is 6.42 Å². The first-order chi connectivity index (χ1) is 8.86. The molecule has 0 unspecified atom stereocenters. The van der Waals surface area contributed by atoms with Crippen molar-refractivity contribution in [3.05, 3.63) is 42.3 Å². The molecule has 0 saturated carbocycles.